The lowest BCUT2D eigenvalue weighted by molar-refractivity contribution is -0.941. The molecule has 0 bridgehead atoms. The Morgan fingerprint density at radius 2 is 0.720 bits per heavy atom. The molecule has 4 aromatic rings. The number of rotatable bonds is 27. The van der Waals surface area contributed by atoms with Crippen LogP contribution in [0.3, 0.4) is 0 Å². The predicted octanol–water partition coefficient (Wildman–Crippen LogP) is 4.71. The Hall–Kier alpha value is -6.37. The van der Waals surface area contributed by atoms with E-state index in [4.69, 9.17) is 66.3 Å². The highest BCUT2D eigenvalue weighted by molar-refractivity contribution is 5.77. The van der Waals surface area contributed by atoms with Crippen LogP contribution in [-0.2, 0) is 44.7 Å². The fourth-order valence-corrected chi connectivity index (χ4v) is 11.0. The van der Waals surface area contributed by atoms with Gasteiger partial charge in [-0.3, -0.25) is 9.59 Å². The fraction of sp³-hybridized carbons (Fsp3) is 0.536. The number of halogens is 1. The first kappa shape index (κ1) is 59.5. The van der Waals surface area contributed by atoms with E-state index in [9.17, 15) is 9.59 Å². The van der Waals surface area contributed by atoms with Gasteiger partial charge in [0.15, 0.2) is 46.0 Å². The van der Waals surface area contributed by atoms with Crippen LogP contribution < -0.4 is 69.2 Å². The quantitative estimate of drug-likeness (QED) is 0.0458. The molecule has 0 aromatic heterocycles. The van der Waals surface area contributed by atoms with Crippen LogP contribution in [0, 0.1) is 0 Å². The van der Waals surface area contributed by atoms with Crippen LogP contribution >= 0.6 is 0 Å². The average molecular weight is 1070 g/mol. The number of benzene rings is 4. The second-order valence-electron chi connectivity index (χ2n) is 18.9. The van der Waals surface area contributed by atoms with E-state index in [2.05, 4.69) is 14.1 Å². The molecular formula is C56H78ClN2O16+. The van der Waals surface area contributed by atoms with Gasteiger partial charge >= 0.3 is 11.9 Å². The van der Waals surface area contributed by atoms with Crippen molar-refractivity contribution in [2.45, 2.75) is 63.5 Å². The second kappa shape index (κ2) is 26.9. The number of fused-ring (bicyclic) bond motifs is 2. The zero-order valence-corrected chi connectivity index (χ0v) is 47.1. The summed E-state index contributed by atoms with van der Waals surface area (Å²) >= 11 is 0. The van der Waals surface area contributed by atoms with Crippen molar-refractivity contribution in [3.63, 3.8) is 0 Å². The number of hydrogen-bond donors (Lipinski definition) is 0. The van der Waals surface area contributed by atoms with E-state index in [0.29, 0.717) is 117 Å². The summed E-state index contributed by atoms with van der Waals surface area (Å²) in [6.45, 7) is 3.35. The number of methoxy groups -OCH3 is 12. The molecule has 414 valence electrons. The minimum atomic E-state index is -0.457. The molecule has 2 heterocycles. The molecule has 0 amide bonds. The first-order chi connectivity index (χ1) is 35.7. The number of carbonyl (C=O) groups excluding carboxylic acids is 2. The van der Waals surface area contributed by atoms with Crippen LogP contribution in [0.25, 0.3) is 0 Å². The minimum absolute atomic E-state index is 0. The number of carbonyl (C=O) groups is 2. The predicted molar refractivity (Wildman–Crippen MR) is 277 cm³/mol. The Morgan fingerprint density at radius 1 is 0.427 bits per heavy atom. The molecular weight excluding hydrogens is 992 g/mol. The highest BCUT2D eigenvalue weighted by Crippen LogP contribution is 2.53. The highest BCUT2D eigenvalue weighted by atomic mass is 35.5. The van der Waals surface area contributed by atoms with Gasteiger partial charge in [0.25, 0.3) is 0 Å². The Labute approximate surface area is 448 Å². The molecule has 4 atom stereocenters. The maximum atomic E-state index is 13.1. The highest BCUT2D eigenvalue weighted by Gasteiger charge is 2.45. The number of likely N-dealkylation sites (N-methyl/N-ethyl adjacent to an activating group) is 2. The Bertz CT molecular complexity index is 2370. The van der Waals surface area contributed by atoms with Crippen molar-refractivity contribution < 1.29 is 97.3 Å². The van der Waals surface area contributed by atoms with Gasteiger partial charge in [0.05, 0.1) is 163 Å². The topological polar surface area (TPSA) is 163 Å². The first-order valence-electron chi connectivity index (χ1n) is 24.9. The average Bonchev–Trinajstić information content (AvgIpc) is 3.42. The van der Waals surface area contributed by atoms with E-state index in [1.54, 1.807) is 85.3 Å². The number of nitrogens with zero attached hydrogens (tertiary/aromatic N) is 2. The zero-order chi connectivity index (χ0) is 53.7. The van der Waals surface area contributed by atoms with Crippen molar-refractivity contribution in [2.24, 2.45) is 0 Å². The normalized spacial score (nSPS) is 18.4. The standard InChI is InChI=1S/C56H78N2O16.ClH/c1-57(23-19-37-33-45(65-7)53(69-11)55(71-13)49(37)39(57)27-35-29-41(61-3)51(67-9)42(30-35)62-4)21-15-25-73-47(59)17-18-48(60)74-26-16-22-58(2)24-20-38-34-46(66-8)54(70-12)56(72-14)50(38)40(58)28-36-31-43(63-5)52(68-10)44(32-36)64-6;/h29-34,39-40H,15-28H2,1-14H3;1H/q+2;/p-1. The van der Waals surface area contributed by atoms with E-state index >= 15 is 0 Å². The smallest absolute Gasteiger partial charge is 0.306 e. The maximum absolute atomic E-state index is 13.1. The van der Waals surface area contributed by atoms with Gasteiger partial charge < -0.3 is 87.7 Å². The number of esters is 2. The van der Waals surface area contributed by atoms with Gasteiger partial charge in [0, 0.05) is 38.5 Å². The monoisotopic (exact) mass is 1070 g/mol. The van der Waals surface area contributed by atoms with E-state index in [1.807, 2.05) is 36.4 Å². The first-order valence-corrected chi connectivity index (χ1v) is 24.9. The molecule has 2 aliphatic rings. The minimum Gasteiger partial charge on any atom is -1.00 e. The van der Waals surface area contributed by atoms with Crippen LogP contribution in [0.15, 0.2) is 36.4 Å². The van der Waals surface area contributed by atoms with Crippen LogP contribution in [0.1, 0.15) is 71.1 Å². The van der Waals surface area contributed by atoms with Crippen LogP contribution in [0.5, 0.6) is 69.0 Å². The van der Waals surface area contributed by atoms with E-state index in [1.165, 1.54) is 0 Å². The van der Waals surface area contributed by atoms with E-state index in [-0.39, 0.29) is 50.5 Å². The molecule has 2 aliphatic heterocycles. The third-order valence-electron chi connectivity index (χ3n) is 14.9. The van der Waals surface area contributed by atoms with Gasteiger partial charge in [0.2, 0.25) is 23.0 Å². The van der Waals surface area contributed by atoms with Crippen LogP contribution in [0.2, 0.25) is 0 Å². The molecule has 4 aromatic carbocycles. The Balaban J connectivity index is 0.0000104. The molecule has 0 spiro atoms. The second-order valence-corrected chi connectivity index (χ2v) is 18.9. The van der Waals surface area contributed by atoms with Gasteiger partial charge in [-0.05, 0) is 58.7 Å². The van der Waals surface area contributed by atoms with Crippen LogP contribution in [0.4, 0.5) is 0 Å². The maximum Gasteiger partial charge on any atom is 0.306 e. The van der Waals surface area contributed by atoms with Crippen LogP contribution in [-0.4, -0.2) is 160 Å². The zero-order valence-electron chi connectivity index (χ0n) is 46.3. The summed E-state index contributed by atoms with van der Waals surface area (Å²) in [5.74, 6) is 5.85. The van der Waals surface area contributed by atoms with Gasteiger partial charge in [-0.2, -0.15) is 0 Å². The lowest BCUT2D eigenvalue weighted by Crippen LogP contribution is -3.00. The lowest BCUT2D eigenvalue weighted by Gasteiger charge is -2.46. The molecule has 0 aliphatic carbocycles. The number of hydrogen-bond acceptors (Lipinski definition) is 16. The lowest BCUT2D eigenvalue weighted by atomic mass is 9.85. The van der Waals surface area contributed by atoms with E-state index < -0.39 is 11.9 Å². The van der Waals surface area contributed by atoms with Gasteiger partial charge in [-0.25, -0.2) is 0 Å². The van der Waals surface area contributed by atoms with Crippen molar-refractivity contribution in [2.75, 3.05) is 139 Å². The molecule has 6 rings (SSSR count). The third kappa shape index (κ3) is 12.8. The molecule has 4 unspecified atom stereocenters. The molecule has 0 saturated heterocycles. The summed E-state index contributed by atoms with van der Waals surface area (Å²) in [5, 5.41) is 0. The van der Waals surface area contributed by atoms with Gasteiger partial charge in [-0.1, -0.05) is 0 Å². The largest absolute Gasteiger partial charge is 1.00 e. The molecule has 18 nitrogen and oxygen atoms in total. The van der Waals surface area contributed by atoms with Crippen molar-refractivity contribution in [1.82, 2.24) is 0 Å². The van der Waals surface area contributed by atoms with Crippen molar-refractivity contribution in [3.8, 4) is 69.0 Å². The molecule has 0 fully saturated rings. The third-order valence-corrected chi connectivity index (χ3v) is 14.9. The summed E-state index contributed by atoms with van der Waals surface area (Å²) in [4.78, 5) is 26.2. The summed E-state index contributed by atoms with van der Waals surface area (Å²) in [5.41, 5.74) is 6.22. The Kier molecular flexibility index (Phi) is 21.4. The fourth-order valence-electron chi connectivity index (χ4n) is 11.0. The molecule has 19 heteroatoms. The summed E-state index contributed by atoms with van der Waals surface area (Å²) in [7, 11) is 23.7. The number of ether oxygens (including phenoxy) is 14. The summed E-state index contributed by atoms with van der Waals surface area (Å²) in [6.07, 6.45) is 3.69. The summed E-state index contributed by atoms with van der Waals surface area (Å²) in [6, 6.07) is 11.7. The van der Waals surface area contributed by atoms with Crippen molar-refractivity contribution in [3.05, 3.63) is 69.8 Å². The Morgan fingerprint density at radius 3 is 1.00 bits per heavy atom. The SMILES string of the molecule is COc1cc(CC2c3c(cc(OC)c(OC)c3OC)CC[N+]2(C)CCCOC(=O)CCC(=O)OCCC[N+]2(C)CCc3cc(OC)c(OC)c(OC)c3C2Cc2cc(OC)c(OC)c(OC)c2)cc(OC)c1OC.[Cl-]. The van der Waals surface area contributed by atoms with Gasteiger partial charge in [0.1, 0.15) is 12.1 Å². The molecule has 0 N–H and O–H groups in total. The van der Waals surface area contributed by atoms with Gasteiger partial charge in [-0.15, -0.1) is 0 Å². The van der Waals surface area contributed by atoms with Crippen molar-refractivity contribution >= 4 is 11.9 Å². The molecule has 75 heavy (non-hydrogen) atoms. The molecule has 0 radical (unpaired) electrons. The van der Waals surface area contributed by atoms with E-state index in [0.717, 1.165) is 59.3 Å². The van der Waals surface area contributed by atoms with Crippen molar-refractivity contribution in [1.29, 1.82) is 0 Å². The molecule has 0 saturated carbocycles. The number of quaternary nitrogens is 2. The summed E-state index contributed by atoms with van der Waals surface area (Å²) < 4.78 is 82.2.